The highest BCUT2D eigenvalue weighted by atomic mass is 79.9. The van der Waals surface area contributed by atoms with Gasteiger partial charge in [-0.1, -0.05) is 57.9 Å². The van der Waals surface area contributed by atoms with Crippen LogP contribution in [0.25, 0.3) is 0 Å². The monoisotopic (exact) mass is 459 g/mol. The number of hydrogen-bond acceptors (Lipinski definition) is 3. The minimum Gasteiger partial charge on any atom is -0.496 e. The second-order valence-corrected chi connectivity index (χ2v) is 7.65. The van der Waals surface area contributed by atoms with Gasteiger partial charge < -0.3 is 15.2 Å². The second kappa shape index (κ2) is 8.78. The van der Waals surface area contributed by atoms with Gasteiger partial charge in [0.2, 0.25) is 0 Å². The number of halogens is 2. The Labute approximate surface area is 177 Å². The molecule has 1 amide bonds. The third-order valence-corrected chi connectivity index (χ3v) is 5.05. The van der Waals surface area contributed by atoms with Gasteiger partial charge in [-0.25, -0.2) is 0 Å². The first-order chi connectivity index (χ1) is 13.4. The third kappa shape index (κ3) is 4.38. The van der Waals surface area contributed by atoms with Crippen molar-refractivity contribution < 1.29 is 14.6 Å². The number of aliphatic hydroxyl groups excluding tert-OH is 1. The molecule has 0 spiro atoms. The number of carbonyl (C=O) groups excluding carboxylic acids is 1. The number of anilines is 1. The molecule has 3 aromatic rings. The molecule has 144 valence electrons. The van der Waals surface area contributed by atoms with Crippen molar-refractivity contribution in [2.45, 2.75) is 13.0 Å². The van der Waals surface area contributed by atoms with Gasteiger partial charge in [0.15, 0.2) is 0 Å². The van der Waals surface area contributed by atoms with E-state index in [9.17, 15) is 9.90 Å². The molecule has 0 saturated carbocycles. The summed E-state index contributed by atoms with van der Waals surface area (Å²) in [6.07, 6.45) is -0.929. The van der Waals surface area contributed by atoms with E-state index in [1.54, 1.807) is 24.3 Å². The van der Waals surface area contributed by atoms with E-state index in [2.05, 4.69) is 21.2 Å². The van der Waals surface area contributed by atoms with Crippen LogP contribution in [0.4, 0.5) is 5.69 Å². The maximum absolute atomic E-state index is 13.0. The largest absolute Gasteiger partial charge is 0.496 e. The number of methoxy groups -OCH3 is 1. The molecule has 0 unspecified atom stereocenters. The topological polar surface area (TPSA) is 58.6 Å². The van der Waals surface area contributed by atoms with Crippen molar-refractivity contribution >= 4 is 39.1 Å². The molecule has 3 rings (SSSR count). The fourth-order valence-corrected chi connectivity index (χ4v) is 3.80. The van der Waals surface area contributed by atoms with Crippen molar-refractivity contribution in [1.29, 1.82) is 0 Å². The molecule has 0 aromatic heterocycles. The standard InChI is InChI=1S/C22H19BrClNO3/c1-13-10-15(23)11-18(21(13)28-2)22(27)25-19-9-8-16(24)12-17(19)20(26)14-6-4-3-5-7-14/h3-12,20,26H,1-2H3,(H,25,27)/t20-/m1/s1. The number of nitrogens with one attached hydrogen (secondary N) is 1. The molecule has 28 heavy (non-hydrogen) atoms. The van der Waals surface area contributed by atoms with Gasteiger partial charge in [-0.05, 0) is 48.4 Å². The molecule has 0 saturated heterocycles. The van der Waals surface area contributed by atoms with Crippen LogP contribution in [0, 0.1) is 6.92 Å². The van der Waals surface area contributed by atoms with Crippen LogP contribution in [0.5, 0.6) is 5.75 Å². The molecule has 3 aromatic carbocycles. The first-order valence-corrected chi connectivity index (χ1v) is 9.75. The van der Waals surface area contributed by atoms with Crippen molar-refractivity contribution in [3.05, 3.63) is 92.4 Å². The second-order valence-electron chi connectivity index (χ2n) is 6.30. The Hall–Kier alpha value is -2.34. The molecule has 0 heterocycles. The first kappa shape index (κ1) is 20.4. The van der Waals surface area contributed by atoms with Gasteiger partial charge in [0.05, 0.1) is 12.7 Å². The van der Waals surface area contributed by atoms with Crippen molar-refractivity contribution in [3.63, 3.8) is 0 Å². The number of ether oxygens (including phenoxy) is 1. The summed E-state index contributed by atoms with van der Waals surface area (Å²) in [6, 6.07) is 17.8. The van der Waals surface area contributed by atoms with E-state index in [1.165, 1.54) is 7.11 Å². The Kier molecular flexibility index (Phi) is 6.39. The van der Waals surface area contributed by atoms with Crippen LogP contribution in [-0.4, -0.2) is 18.1 Å². The summed E-state index contributed by atoms with van der Waals surface area (Å²) in [5.74, 6) is 0.157. The lowest BCUT2D eigenvalue weighted by molar-refractivity contribution is 0.102. The van der Waals surface area contributed by atoms with E-state index < -0.39 is 6.10 Å². The Morgan fingerprint density at radius 3 is 2.54 bits per heavy atom. The lowest BCUT2D eigenvalue weighted by Crippen LogP contribution is -2.16. The number of aliphatic hydroxyl groups is 1. The summed E-state index contributed by atoms with van der Waals surface area (Å²) in [7, 11) is 1.53. The summed E-state index contributed by atoms with van der Waals surface area (Å²) in [5, 5.41) is 14.2. The summed E-state index contributed by atoms with van der Waals surface area (Å²) < 4.78 is 6.18. The lowest BCUT2D eigenvalue weighted by Gasteiger charge is -2.18. The van der Waals surface area contributed by atoms with Crippen molar-refractivity contribution in [2.75, 3.05) is 12.4 Å². The Morgan fingerprint density at radius 1 is 1.14 bits per heavy atom. The van der Waals surface area contributed by atoms with Crippen LogP contribution in [0.2, 0.25) is 5.02 Å². The number of aryl methyl sites for hydroxylation is 1. The van der Waals surface area contributed by atoms with Crippen LogP contribution in [-0.2, 0) is 0 Å². The lowest BCUT2D eigenvalue weighted by atomic mass is 9.99. The summed E-state index contributed by atoms with van der Waals surface area (Å²) >= 11 is 9.56. The molecule has 0 aliphatic carbocycles. The molecular formula is C22H19BrClNO3. The Bertz CT molecular complexity index is 1010. The predicted molar refractivity (Wildman–Crippen MR) is 115 cm³/mol. The van der Waals surface area contributed by atoms with Gasteiger partial charge in [-0.2, -0.15) is 0 Å². The number of hydrogen-bond donors (Lipinski definition) is 2. The molecular weight excluding hydrogens is 442 g/mol. The fourth-order valence-electron chi connectivity index (χ4n) is 3.05. The quantitative estimate of drug-likeness (QED) is 0.509. The van der Waals surface area contributed by atoms with Gasteiger partial charge in [0, 0.05) is 20.7 Å². The molecule has 2 N–H and O–H groups in total. The molecule has 0 aliphatic rings. The molecule has 0 fully saturated rings. The zero-order valence-electron chi connectivity index (χ0n) is 15.4. The van der Waals surface area contributed by atoms with E-state index in [0.717, 1.165) is 10.0 Å². The smallest absolute Gasteiger partial charge is 0.259 e. The third-order valence-electron chi connectivity index (χ3n) is 4.36. The van der Waals surface area contributed by atoms with Crippen LogP contribution < -0.4 is 10.1 Å². The highest BCUT2D eigenvalue weighted by molar-refractivity contribution is 9.10. The van der Waals surface area contributed by atoms with Crippen molar-refractivity contribution in [1.82, 2.24) is 0 Å². The van der Waals surface area contributed by atoms with Crippen LogP contribution in [0.1, 0.15) is 33.2 Å². The molecule has 1 atom stereocenters. The van der Waals surface area contributed by atoms with Gasteiger partial charge >= 0.3 is 0 Å². The highest BCUT2D eigenvalue weighted by Crippen LogP contribution is 2.33. The minimum absolute atomic E-state index is 0.343. The molecule has 0 aliphatic heterocycles. The average Bonchev–Trinajstić information content (AvgIpc) is 2.68. The van der Waals surface area contributed by atoms with Gasteiger partial charge in [0.25, 0.3) is 5.91 Å². The fraction of sp³-hybridized carbons (Fsp3) is 0.136. The summed E-state index contributed by atoms with van der Waals surface area (Å²) in [5.41, 5.74) is 2.92. The Balaban J connectivity index is 1.99. The zero-order valence-corrected chi connectivity index (χ0v) is 17.7. The normalized spacial score (nSPS) is 11.8. The summed E-state index contributed by atoms with van der Waals surface area (Å²) in [4.78, 5) is 13.0. The molecule has 4 nitrogen and oxygen atoms in total. The average molecular weight is 461 g/mol. The van der Waals surface area contributed by atoms with Crippen LogP contribution in [0.15, 0.2) is 65.1 Å². The maximum Gasteiger partial charge on any atom is 0.259 e. The van der Waals surface area contributed by atoms with Gasteiger partial charge in [-0.3, -0.25) is 4.79 Å². The number of rotatable bonds is 5. The summed E-state index contributed by atoms with van der Waals surface area (Å²) in [6.45, 7) is 1.87. The van der Waals surface area contributed by atoms with Gasteiger partial charge in [0.1, 0.15) is 11.9 Å². The maximum atomic E-state index is 13.0. The van der Waals surface area contributed by atoms with Gasteiger partial charge in [-0.15, -0.1) is 0 Å². The van der Waals surface area contributed by atoms with Crippen molar-refractivity contribution in [3.8, 4) is 5.75 Å². The number of amides is 1. The van der Waals surface area contributed by atoms with E-state index in [4.69, 9.17) is 16.3 Å². The highest BCUT2D eigenvalue weighted by Gasteiger charge is 2.20. The van der Waals surface area contributed by atoms with Crippen LogP contribution in [0.3, 0.4) is 0 Å². The number of carbonyl (C=O) groups is 1. The van der Waals surface area contributed by atoms with E-state index in [-0.39, 0.29) is 5.91 Å². The van der Waals surface area contributed by atoms with E-state index >= 15 is 0 Å². The minimum atomic E-state index is -0.929. The molecule has 0 bridgehead atoms. The van der Waals surface area contributed by atoms with E-state index in [0.29, 0.717) is 33.1 Å². The number of benzene rings is 3. The molecule has 6 heteroatoms. The zero-order chi connectivity index (χ0) is 20.3. The first-order valence-electron chi connectivity index (χ1n) is 8.58. The van der Waals surface area contributed by atoms with Crippen LogP contribution >= 0.6 is 27.5 Å². The Morgan fingerprint density at radius 2 is 1.86 bits per heavy atom. The SMILES string of the molecule is COc1c(C)cc(Br)cc1C(=O)Nc1ccc(Cl)cc1[C@H](O)c1ccccc1. The van der Waals surface area contributed by atoms with Crippen molar-refractivity contribution in [2.24, 2.45) is 0 Å². The van der Waals surface area contributed by atoms with E-state index in [1.807, 2.05) is 43.3 Å². The molecule has 0 radical (unpaired) electrons. The predicted octanol–water partition coefficient (Wildman–Crippen LogP) is 5.75.